The molecule has 0 aliphatic heterocycles. The number of rotatable bonds is 1. The van der Waals surface area contributed by atoms with E-state index in [1.54, 1.807) is 35.0 Å². The maximum atomic E-state index is 12.8. The van der Waals surface area contributed by atoms with Gasteiger partial charge >= 0.3 is 0 Å². The van der Waals surface area contributed by atoms with Crippen molar-refractivity contribution in [2.45, 2.75) is 0 Å². The predicted molar refractivity (Wildman–Crippen MR) is 62.8 cm³/mol. The highest BCUT2D eigenvalue weighted by atomic mass is 19.1. The van der Waals surface area contributed by atoms with Crippen LogP contribution in [0, 0.1) is 5.82 Å². The summed E-state index contributed by atoms with van der Waals surface area (Å²) < 4.78 is 14.5. The van der Waals surface area contributed by atoms with Gasteiger partial charge in [-0.15, -0.1) is 5.10 Å². The molecule has 0 saturated carbocycles. The van der Waals surface area contributed by atoms with Gasteiger partial charge in [0.15, 0.2) is 5.65 Å². The molecule has 0 amide bonds. The van der Waals surface area contributed by atoms with Crippen molar-refractivity contribution in [3.63, 3.8) is 0 Å². The zero-order valence-corrected chi connectivity index (χ0v) is 8.84. The molecular weight excluding hydrogens is 219 g/mol. The molecule has 84 valence electrons. The first kappa shape index (κ1) is 9.77. The Kier molecular flexibility index (Phi) is 2.04. The Morgan fingerprint density at radius 3 is 2.59 bits per heavy atom. The number of hydrogen-bond acceptors (Lipinski definition) is 3. The van der Waals surface area contributed by atoms with Gasteiger partial charge in [0.1, 0.15) is 11.6 Å². The van der Waals surface area contributed by atoms with Gasteiger partial charge in [-0.25, -0.2) is 13.9 Å². The number of fused-ring (bicyclic) bond motifs is 1. The average molecular weight is 228 g/mol. The van der Waals surface area contributed by atoms with E-state index in [0.29, 0.717) is 11.5 Å². The minimum atomic E-state index is -0.268. The zero-order chi connectivity index (χ0) is 11.8. The Morgan fingerprint density at radius 1 is 1.06 bits per heavy atom. The van der Waals surface area contributed by atoms with Gasteiger partial charge < -0.3 is 5.73 Å². The standard InChI is InChI=1S/C12H9FN4/c13-9-3-1-8(2-4-9)10-7-15-12-6-5-11(14)16-17(10)12/h1-7H,(H2,14,16). The minimum Gasteiger partial charge on any atom is -0.382 e. The van der Waals surface area contributed by atoms with E-state index in [2.05, 4.69) is 10.1 Å². The van der Waals surface area contributed by atoms with Crippen LogP contribution < -0.4 is 5.73 Å². The lowest BCUT2D eigenvalue weighted by molar-refractivity contribution is 0.628. The van der Waals surface area contributed by atoms with Gasteiger partial charge in [0.25, 0.3) is 0 Å². The van der Waals surface area contributed by atoms with Crippen LogP contribution in [0.2, 0.25) is 0 Å². The van der Waals surface area contributed by atoms with Gasteiger partial charge in [0.2, 0.25) is 0 Å². The van der Waals surface area contributed by atoms with E-state index >= 15 is 0 Å². The summed E-state index contributed by atoms with van der Waals surface area (Å²) in [6.45, 7) is 0. The van der Waals surface area contributed by atoms with Gasteiger partial charge in [0, 0.05) is 5.56 Å². The van der Waals surface area contributed by atoms with Crippen molar-refractivity contribution in [3.8, 4) is 11.3 Å². The quantitative estimate of drug-likeness (QED) is 0.694. The van der Waals surface area contributed by atoms with Crippen LogP contribution in [0.15, 0.2) is 42.6 Å². The van der Waals surface area contributed by atoms with E-state index in [-0.39, 0.29) is 5.82 Å². The molecule has 2 aromatic heterocycles. The van der Waals surface area contributed by atoms with E-state index in [4.69, 9.17) is 5.73 Å². The third kappa shape index (κ3) is 1.61. The number of nitrogens with two attached hydrogens (primary N) is 1. The van der Waals surface area contributed by atoms with Crippen molar-refractivity contribution in [2.75, 3.05) is 5.73 Å². The van der Waals surface area contributed by atoms with Crippen LogP contribution >= 0.6 is 0 Å². The maximum Gasteiger partial charge on any atom is 0.154 e. The number of anilines is 1. The number of aromatic nitrogens is 3. The predicted octanol–water partition coefficient (Wildman–Crippen LogP) is 2.12. The van der Waals surface area contributed by atoms with Crippen molar-refractivity contribution in [3.05, 3.63) is 48.4 Å². The summed E-state index contributed by atoms with van der Waals surface area (Å²) in [4.78, 5) is 4.21. The summed E-state index contributed by atoms with van der Waals surface area (Å²) >= 11 is 0. The molecule has 0 aliphatic rings. The monoisotopic (exact) mass is 228 g/mol. The zero-order valence-electron chi connectivity index (χ0n) is 8.84. The number of halogens is 1. The number of imidazole rings is 1. The number of nitrogen functional groups attached to an aromatic ring is 1. The molecule has 0 aliphatic carbocycles. The molecule has 0 fully saturated rings. The molecule has 0 spiro atoms. The number of hydrogen-bond donors (Lipinski definition) is 1. The van der Waals surface area contributed by atoms with Crippen LogP contribution in [0.4, 0.5) is 10.2 Å². The molecule has 0 bridgehead atoms. The van der Waals surface area contributed by atoms with Gasteiger partial charge in [-0.3, -0.25) is 0 Å². The normalized spacial score (nSPS) is 10.9. The van der Waals surface area contributed by atoms with Crippen LogP contribution in [-0.2, 0) is 0 Å². The fourth-order valence-corrected chi connectivity index (χ4v) is 1.70. The Bertz CT molecular complexity index is 673. The highest BCUT2D eigenvalue weighted by Crippen LogP contribution is 2.20. The summed E-state index contributed by atoms with van der Waals surface area (Å²) in [5, 5.41) is 4.17. The van der Waals surface area contributed by atoms with Crippen LogP contribution in [0.3, 0.4) is 0 Å². The first-order valence-corrected chi connectivity index (χ1v) is 5.10. The van der Waals surface area contributed by atoms with Crippen molar-refractivity contribution >= 4 is 11.5 Å². The Balaban J connectivity index is 2.23. The SMILES string of the molecule is Nc1ccc2ncc(-c3ccc(F)cc3)n2n1. The molecule has 0 saturated heterocycles. The Labute approximate surface area is 96.5 Å². The summed E-state index contributed by atoms with van der Waals surface area (Å²) in [6, 6.07) is 9.65. The first-order valence-electron chi connectivity index (χ1n) is 5.10. The van der Waals surface area contributed by atoms with E-state index < -0.39 is 0 Å². The Morgan fingerprint density at radius 2 is 1.82 bits per heavy atom. The third-order valence-electron chi connectivity index (χ3n) is 2.52. The second kappa shape index (κ2) is 3.55. The van der Waals surface area contributed by atoms with E-state index in [1.165, 1.54) is 12.1 Å². The molecule has 0 atom stereocenters. The fourth-order valence-electron chi connectivity index (χ4n) is 1.70. The second-order valence-corrected chi connectivity index (χ2v) is 3.68. The summed E-state index contributed by atoms with van der Waals surface area (Å²) in [6.07, 6.45) is 1.69. The lowest BCUT2D eigenvalue weighted by Gasteiger charge is -2.01. The van der Waals surface area contributed by atoms with Gasteiger partial charge in [-0.2, -0.15) is 0 Å². The molecule has 3 rings (SSSR count). The smallest absolute Gasteiger partial charge is 0.154 e. The largest absolute Gasteiger partial charge is 0.382 e. The van der Waals surface area contributed by atoms with Gasteiger partial charge in [-0.05, 0) is 36.4 Å². The summed E-state index contributed by atoms with van der Waals surface area (Å²) in [5.74, 6) is 0.147. The highest BCUT2D eigenvalue weighted by Gasteiger charge is 2.07. The van der Waals surface area contributed by atoms with E-state index in [0.717, 1.165) is 11.3 Å². The van der Waals surface area contributed by atoms with Gasteiger partial charge in [0.05, 0.1) is 11.9 Å². The molecule has 4 nitrogen and oxygen atoms in total. The van der Waals surface area contributed by atoms with Crippen LogP contribution in [0.1, 0.15) is 0 Å². The van der Waals surface area contributed by atoms with Crippen molar-refractivity contribution in [1.82, 2.24) is 14.6 Å². The highest BCUT2D eigenvalue weighted by molar-refractivity contribution is 5.63. The topological polar surface area (TPSA) is 56.2 Å². The number of nitrogens with zero attached hydrogens (tertiary/aromatic N) is 3. The van der Waals surface area contributed by atoms with Crippen LogP contribution in [-0.4, -0.2) is 14.6 Å². The van der Waals surface area contributed by atoms with E-state index in [1.807, 2.05) is 0 Å². The molecule has 0 unspecified atom stereocenters. The van der Waals surface area contributed by atoms with Crippen molar-refractivity contribution in [1.29, 1.82) is 0 Å². The molecule has 5 heteroatoms. The third-order valence-corrected chi connectivity index (χ3v) is 2.52. The molecule has 0 radical (unpaired) electrons. The fraction of sp³-hybridized carbons (Fsp3) is 0. The van der Waals surface area contributed by atoms with Crippen LogP contribution in [0.25, 0.3) is 16.9 Å². The van der Waals surface area contributed by atoms with Crippen molar-refractivity contribution in [2.24, 2.45) is 0 Å². The first-order chi connectivity index (χ1) is 8.24. The van der Waals surface area contributed by atoms with Gasteiger partial charge in [-0.1, -0.05) is 0 Å². The molecule has 2 heterocycles. The summed E-state index contributed by atoms with van der Waals surface area (Å²) in [7, 11) is 0. The molecule has 2 N–H and O–H groups in total. The average Bonchev–Trinajstić information content (AvgIpc) is 2.73. The molecule has 17 heavy (non-hydrogen) atoms. The maximum absolute atomic E-state index is 12.8. The molecule has 1 aromatic carbocycles. The molecule has 3 aromatic rings. The minimum absolute atomic E-state index is 0.268. The van der Waals surface area contributed by atoms with Crippen LogP contribution in [0.5, 0.6) is 0 Å². The van der Waals surface area contributed by atoms with E-state index in [9.17, 15) is 4.39 Å². The lowest BCUT2D eigenvalue weighted by Crippen LogP contribution is -1.98. The number of benzene rings is 1. The summed E-state index contributed by atoms with van der Waals surface area (Å²) in [5.41, 5.74) is 7.97. The lowest BCUT2D eigenvalue weighted by atomic mass is 10.2. The van der Waals surface area contributed by atoms with Crippen molar-refractivity contribution < 1.29 is 4.39 Å². The Hall–Kier alpha value is -2.43. The second-order valence-electron chi connectivity index (χ2n) is 3.68. The molecular formula is C12H9FN4.